The standard InChI is InChI=1S/C8H14N4/c9-8(10)12-11-6-7-4-2-1-3-5-7/h1-2,6-7H,3-5H2,(H4,9,10,12)/b11-6+. The lowest BCUT2D eigenvalue weighted by atomic mass is 9.96. The molecule has 0 heterocycles. The van der Waals surface area contributed by atoms with E-state index >= 15 is 0 Å². The van der Waals surface area contributed by atoms with E-state index in [1.165, 1.54) is 0 Å². The van der Waals surface area contributed by atoms with Crippen LogP contribution in [0.4, 0.5) is 0 Å². The average molecular weight is 166 g/mol. The van der Waals surface area contributed by atoms with Crippen molar-refractivity contribution in [3.63, 3.8) is 0 Å². The minimum atomic E-state index is 0.0117. The highest BCUT2D eigenvalue weighted by molar-refractivity contribution is 5.76. The first-order chi connectivity index (χ1) is 5.79. The molecule has 0 aromatic rings. The highest BCUT2D eigenvalue weighted by Gasteiger charge is 2.05. The van der Waals surface area contributed by atoms with Crippen molar-refractivity contribution >= 4 is 12.2 Å². The maximum absolute atomic E-state index is 5.11. The lowest BCUT2D eigenvalue weighted by Crippen LogP contribution is -2.21. The third-order valence-corrected chi connectivity index (χ3v) is 1.76. The van der Waals surface area contributed by atoms with Crippen LogP contribution in [-0.2, 0) is 0 Å². The van der Waals surface area contributed by atoms with Crippen molar-refractivity contribution in [1.82, 2.24) is 0 Å². The molecular formula is C8H14N4. The molecule has 12 heavy (non-hydrogen) atoms. The molecule has 0 bridgehead atoms. The Morgan fingerprint density at radius 2 is 2.25 bits per heavy atom. The van der Waals surface area contributed by atoms with Crippen molar-refractivity contribution < 1.29 is 0 Å². The van der Waals surface area contributed by atoms with Crippen LogP contribution in [0.1, 0.15) is 19.3 Å². The van der Waals surface area contributed by atoms with E-state index in [0.29, 0.717) is 5.92 Å². The first-order valence-corrected chi connectivity index (χ1v) is 4.06. The van der Waals surface area contributed by atoms with E-state index in [4.69, 9.17) is 11.5 Å². The van der Waals surface area contributed by atoms with Crippen LogP contribution < -0.4 is 11.5 Å². The van der Waals surface area contributed by atoms with Gasteiger partial charge in [0.05, 0.1) is 0 Å². The third-order valence-electron chi connectivity index (χ3n) is 1.76. The van der Waals surface area contributed by atoms with E-state index in [1.54, 1.807) is 0 Å². The number of allylic oxidation sites excluding steroid dienone is 2. The quantitative estimate of drug-likeness (QED) is 0.273. The van der Waals surface area contributed by atoms with Crippen LogP contribution in [0.15, 0.2) is 22.4 Å². The predicted molar refractivity (Wildman–Crippen MR) is 50.8 cm³/mol. The molecule has 4 heteroatoms. The van der Waals surface area contributed by atoms with E-state index in [2.05, 4.69) is 22.4 Å². The number of hydrogen-bond donors (Lipinski definition) is 2. The second kappa shape index (κ2) is 4.54. The van der Waals surface area contributed by atoms with Gasteiger partial charge in [0.25, 0.3) is 0 Å². The van der Waals surface area contributed by atoms with Gasteiger partial charge in [0.2, 0.25) is 5.96 Å². The molecule has 0 fully saturated rings. The fourth-order valence-corrected chi connectivity index (χ4v) is 1.15. The molecule has 0 radical (unpaired) electrons. The Hall–Kier alpha value is -1.32. The predicted octanol–water partition coefficient (Wildman–Crippen LogP) is 0.602. The SMILES string of the molecule is NC(N)=N/N=C/C1CC=CCC1. The summed E-state index contributed by atoms with van der Waals surface area (Å²) in [7, 11) is 0. The maximum atomic E-state index is 5.11. The number of rotatable bonds is 2. The van der Waals surface area contributed by atoms with Crippen LogP contribution in [0.25, 0.3) is 0 Å². The van der Waals surface area contributed by atoms with E-state index in [1.807, 2.05) is 6.21 Å². The topological polar surface area (TPSA) is 76.8 Å². The van der Waals surface area contributed by atoms with Crippen LogP contribution in [0, 0.1) is 5.92 Å². The van der Waals surface area contributed by atoms with Gasteiger partial charge in [0.15, 0.2) is 0 Å². The Morgan fingerprint density at radius 1 is 1.42 bits per heavy atom. The molecule has 1 unspecified atom stereocenters. The Morgan fingerprint density at radius 3 is 2.83 bits per heavy atom. The van der Waals surface area contributed by atoms with Crippen LogP contribution in [0.3, 0.4) is 0 Å². The van der Waals surface area contributed by atoms with Crippen molar-refractivity contribution in [2.24, 2.45) is 27.6 Å². The van der Waals surface area contributed by atoms with Crippen LogP contribution in [-0.4, -0.2) is 12.2 Å². The van der Waals surface area contributed by atoms with Gasteiger partial charge in [-0.25, -0.2) is 0 Å². The van der Waals surface area contributed by atoms with Gasteiger partial charge in [-0.1, -0.05) is 12.2 Å². The van der Waals surface area contributed by atoms with Crippen molar-refractivity contribution in [1.29, 1.82) is 0 Å². The molecule has 1 aliphatic rings. The first kappa shape index (κ1) is 8.77. The van der Waals surface area contributed by atoms with Gasteiger partial charge >= 0.3 is 0 Å². The summed E-state index contributed by atoms with van der Waals surface area (Å²) < 4.78 is 0. The molecule has 0 amide bonds. The van der Waals surface area contributed by atoms with E-state index in [0.717, 1.165) is 19.3 Å². The van der Waals surface area contributed by atoms with Gasteiger partial charge in [-0.05, 0) is 25.2 Å². The van der Waals surface area contributed by atoms with Gasteiger partial charge in [0.1, 0.15) is 0 Å². The molecule has 0 aromatic carbocycles. The molecular weight excluding hydrogens is 152 g/mol. The number of guanidine groups is 1. The molecule has 0 aliphatic heterocycles. The summed E-state index contributed by atoms with van der Waals surface area (Å²) in [6, 6.07) is 0. The van der Waals surface area contributed by atoms with Gasteiger partial charge in [-0.3, -0.25) is 0 Å². The third kappa shape index (κ3) is 3.18. The molecule has 4 nitrogen and oxygen atoms in total. The normalized spacial score (nSPS) is 22.8. The Bertz CT molecular complexity index is 213. The molecule has 1 rings (SSSR count). The summed E-state index contributed by atoms with van der Waals surface area (Å²) in [4.78, 5) is 0. The summed E-state index contributed by atoms with van der Waals surface area (Å²) in [6.45, 7) is 0. The highest BCUT2D eigenvalue weighted by atomic mass is 15.3. The number of hydrogen-bond acceptors (Lipinski definition) is 2. The smallest absolute Gasteiger partial charge is 0.211 e. The highest BCUT2D eigenvalue weighted by Crippen LogP contribution is 2.15. The van der Waals surface area contributed by atoms with E-state index in [9.17, 15) is 0 Å². The zero-order valence-corrected chi connectivity index (χ0v) is 6.98. The number of nitrogens with two attached hydrogens (primary N) is 2. The van der Waals surface area contributed by atoms with Crippen molar-refractivity contribution in [3.8, 4) is 0 Å². The molecule has 0 aromatic heterocycles. The van der Waals surface area contributed by atoms with Crippen LogP contribution >= 0.6 is 0 Å². The Balaban J connectivity index is 2.35. The summed E-state index contributed by atoms with van der Waals surface area (Å²) >= 11 is 0. The largest absolute Gasteiger partial charge is 0.369 e. The van der Waals surface area contributed by atoms with Crippen LogP contribution in [0.2, 0.25) is 0 Å². The lowest BCUT2D eigenvalue weighted by Gasteiger charge is -2.10. The zero-order valence-electron chi connectivity index (χ0n) is 6.98. The van der Waals surface area contributed by atoms with E-state index < -0.39 is 0 Å². The molecule has 0 saturated carbocycles. The average Bonchev–Trinajstić information content (AvgIpc) is 2.05. The summed E-state index contributed by atoms with van der Waals surface area (Å²) in [6.07, 6.45) is 9.46. The van der Waals surface area contributed by atoms with Gasteiger partial charge < -0.3 is 11.5 Å². The summed E-state index contributed by atoms with van der Waals surface area (Å²) in [5, 5.41) is 7.31. The minimum absolute atomic E-state index is 0.0117. The second-order valence-electron chi connectivity index (χ2n) is 2.83. The second-order valence-corrected chi connectivity index (χ2v) is 2.83. The summed E-state index contributed by atoms with van der Waals surface area (Å²) in [5.74, 6) is 0.510. The van der Waals surface area contributed by atoms with Gasteiger partial charge in [0, 0.05) is 6.21 Å². The maximum Gasteiger partial charge on any atom is 0.211 e. The monoisotopic (exact) mass is 166 g/mol. The molecule has 1 aliphatic carbocycles. The van der Waals surface area contributed by atoms with Crippen molar-refractivity contribution in [3.05, 3.63) is 12.2 Å². The van der Waals surface area contributed by atoms with Crippen molar-refractivity contribution in [2.45, 2.75) is 19.3 Å². The Kier molecular flexibility index (Phi) is 3.32. The molecule has 0 spiro atoms. The first-order valence-electron chi connectivity index (χ1n) is 4.06. The molecule has 66 valence electrons. The number of nitrogens with zero attached hydrogens (tertiary/aromatic N) is 2. The summed E-state index contributed by atoms with van der Waals surface area (Å²) in [5.41, 5.74) is 10.2. The molecule has 4 N–H and O–H groups in total. The minimum Gasteiger partial charge on any atom is -0.369 e. The lowest BCUT2D eigenvalue weighted by molar-refractivity contribution is 0.626. The molecule has 1 atom stereocenters. The van der Waals surface area contributed by atoms with Crippen molar-refractivity contribution in [2.75, 3.05) is 0 Å². The molecule has 0 saturated heterocycles. The van der Waals surface area contributed by atoms with Crippen LogP contribution in [0.5, 0.6) is 0 Å². The fraction of sp³-hybridized carbons (Fsp3) is 0.500. The Labute approximate surface area is 72.0 Å². The van der Waals surface area contributed by atoms with Gasteiger partial charge in [-0.15, -0.1) is 5.10 Å². The van der Waals surface area contributed by atoms with E-state index in [-0.39, 0.29) is 5.96 Å². The fourth-order valence-electron chi connectivity index (χ4n) is 1.15. The zero-order chi connectivity index (χ0) is 8.81. The van der Waals surface area contributed by atoms with Gasteiger partial charge in [-0.2, -0.15) is 5.10 Å².